The minimum Gasteiger partial charge on any atom is -0.512 e. The quantitative estimate of drug-likeness (QED) is 0.346. The Hall–Kier alpha value is -2.64. The molecule has 3 rings (SSSR count). The van der Waals surface area contributed by atoms with Gasteiger partial charge in [-0.1, -0.05) is 81.4 Å². The van der Waals surface area contributed by atoms with Crippen LogP contribution in [0.3, 0.4) is 0 Å². The van der Waals surface area contributed by atoms with Gasteiger partial charge in [-0.3, -0.25) is 9.59 Å². The summed E-state index contributed by atoms with van der Waals surface area (Å²) in [5.41, 5.74) is 1.27. The Balaban J connectivity index is 1.61. The van der Waals surface area contributed by atoms with Crippen molar-refractivity contribution < 1.29 is 28.4 Å². The van der Waals surface area contributed by atoms with Gasteiger partial charge >= 0.3 is 13.7 Å². The first-order valence-corrected chi connectivity index (χ1v) is 12.0. The number of rotatable bonds is 11. The molecule has 2 aromatic rings. The predicted molar refractivity (Wildman–Crippen MR) is 131 cm³/mol. The lowest BCUT2D eigenvalue weighted by Crippen LogP contribution is -2.34. The molecule has 1 heterocycles. The Morgan fingerprint density at radius 3 is 2.35 bits per heavy atom. The summed E-state index contributed by atoms with van der Waals surface area (Å²) in [6.45, 7) is 6.71. The highest BCUT2D eigenvalue weighted by molar-refractivity contribution is 6.22. The molecule has 2 aromatic carbocycles. The van der Waals surface area contributed by atoms with E-state index >= 15 is 0 Å². The summed E-state index contributed by atoms with van der Waals surface area (Å²) < 4.78 is 22.2. The maximum atomic E-state index is 13.1. The second-order valence-corrected chi connectivity index (χ2v) is 9.51. The first-order chi connectivity index (χ1) is 16.4. The zero-order valence-corrected chi connectivity index (χ0v) is 20.4. The van der Waals surface area contributed by atoms with E-state index in [0.29, 0.717) is 13.0 Å². The molecule has 6 nitrogen and oxygen atoms in total. The van der Waals surface area contributed by atoms with Gasteiger partial charge < -0.3 is 18.8 Å². The van der Waals surface area contributed by atoms with E-state index in [1.54, 1.807) is 0 Å². The molecule has 0 bridgehead atoms. The molecule has 3 atom stereocenters. The van der Waals surface area contributed by atoms with Crippen LogP contribution in [0.5, 0.6) is 0 Å². The van der Waals surface area contributed by atoms with Crippen molar-refractivity contribution >= 4 is 19.6 Å². The van der Waals surface area contributed by atoms with Crippen LogP contribution in [0.15, 0.2) is 60.7 Å². The molecule has 0 aliphatic carbocycles. The number of hydrogen-bond acceptors (Lipinski definition) is 6. The van der Waals surface area contributed by atoms with Gasteiger partial charge in [0.1, 0.15) is 12.9 Å². The molecule has 0 saturated carbocycles. The average Bonchev–Trinajstić information content (AvgIpc) is 2.87. The maximum Gasteiger partial charge on any atom is 0.510 e. The summed E-state index contributed by atoms with van der Waals surface area (Å²) >= 11 is 0. The fourth-order valence-electron chi connectivity index (χ4n) is 4.01. The molecule has 0 radical (unpaired) electrons. The van der Waals surface area contributed by atoms with Gasteiger partial charge in [-0.15, -0.1) is 0 Å². The first-order valence-electron chi connectivity index (χ1n) is 12.0. The zero-order valence-electron chi connectivity index (χ0n) is 20.4. The van der Waals surface area contributed by atoms with E-state index in [4.69, 9.17) is 18.8 Å². The Morgan fingerprint density at radius 2 is 1.71 bits per heavy atom. The highest BCUT2D eigenvalue weighted by atomic mass is 16.7. The Bertz CT molecular complexity index is 896. The lowest BCUT2D eigenvalue weighted by Gasteiger charge is -2.33. The van der Waals surface area contributed by atoms with Crippen molar-refractivity contribution in [3.8, 4) is 0 Å². The van der Waals surface area contributed by atoms with Gasteiger partial charge in [-0.05, 0) is 42.2 Å². The number of hydrogen-bond donors (Lipinski definition) is 0. The molecule has 0 spiro atoms. The van der Waals surface area contributed by atoms with Crippen LogP contribution in [0.1, 0.15) is 63.5 Å². The second kappa shape index (κ2) is 12.7. The number of carbonyl (C=O) groups is 2. The number of benzene rings is 2. The molecular formula is C27H35BO6. The maximum absolute atomic E-state index is 13.1. The number of ether oxygens (including phenoxy) is 2. The SMILES string of the molecule is CC(C(=O)OCc1ccccc1)C(C)(C)CC(C(=O)OBOC1CCCCO1)c1ccccc1. The summed E-state index contributed by atoms with van der Waals surface area (Å²) in [5, 5.41) is 0. The Kier molecular flexibility index (Phi) is 9.72. The van der Waals surface area contributed by atoms with Crippen LogP contribution in [0.25, 0.3) is 0 Å². The van der Waals surface area contributed by atoms with Gasteiger partial charge in [0.2, 0.25) is 0 Å². The standard InChI is InChI=1S/C27H35BO6/c1-20(25(29)32-19-21-12-6-4-7-13-21)27(2,3)18-23(22-14-8-5-9-15-22)26(30)34-28-33-24-16-10-11-17-31-24/h4-9,12-15,20,23-24,28H,10-11,16-19H2,1-3H3. The van der Waals surface area contributed by atoms with Crippen molar-refractivity contribution in [1.82, 2.24) is 0 Å². The van der Waals surface area contributed by atoms with Gasteiger partial charge in [-0.25, -0.2) is 0 Å². The van der Waals surface area contributed by atoms with Gasteiger partial charge in [0.05, 0.1) is 11.8 Å². The lowest BCUT2D eigenvalue weighted by atomic mass is 9.72. The topological polar surface area (TPSA) is 71.1 Å². The molecule has 182 valence electrons. The highest BCUT2D eigenvalue weighted by Gasteiger charge is 2.38. The summed E-state index contributed by atoms with van der Waals surface area (Å²) in [6.07, 6.45) is 2.97. The zero-order chi connectivity index (χ0) is 24.4. The summed E-state index contributed by atoms with van der Waals surface area (Å²) in [4.78, 5) is 25.9. The minimum atomic E-state index is -0.531. The third kappa shape index (κ3) is 7.71. The predicted octanol–water partition coefficient (Wildman–Crippen LogP) is 4.92. The van der Waals surface area contributed by atoms with E-state index in [0.717, 1.165) is 30.4 Å². The summed E-state index contributed by atoms with van der Waals surface area (Å²) in [5.74, 6) is -1.61. The van der Waals surface area contributed by atoms with Crippen molar-refractivity contribution in [2.24, 2.45) is 11.3 Å². The van der Waals surface area contributed by atoms with Crippen molar-refractivity contribution in [2.45, 2.75) is 65.3 Å². The van der Waals surface area contributed by atoms with Crippen molar-refractivity contribution in [3.05, 3.63) is 71.8 Å². The van der Waals surface area contributed by atoms with E-state index in [1.807, 2.05) is 81.4 Å². The fourth-order valence-corrected chi connectivity index (χ4v) is 4.01. The van der Waals surface area contributed by atoms with Gasteiger partial charge in [0.25, 0.3) is 5.97 Å². The molecule has 1 saturated heterocycles. The molecule has 0 amide bonds. The van der Waals surface area contributed by atoms with E-state index in [9.17, 15) is 9.59 Å². The summed E-state index contributed by atoms with van der Waals surface area (Å²) in [7, 11) is -0.151. The van der Waals surface area contributed by atoms with Crippen LogP contribution in [-0.2, 0) is 35.0 Å². The normalized spacial score (nSPS) is 17.9. The molecule has 0 aromatic heterocycles. The van der Waals surface area contributed by atoms with Gasteiger partial charge in [-0.2, -0.15) is 0 Å². The molecule has 1 aliphatic heterocycles. The summed E-state index contributed by atoms with van der Waals surface area (Å²) in [6, 6.07) is 19.1. The number of carbonyl (C=O) groups excluding carboxylic acids is 2. The minimum absolute atomic E-state index is 0.151. The van der Waals surface area contributed by atoms with Crippen LogP contribution in [0.2, 0.25) is 0 Å². The second-order valence-electron chi connectivity index (χ2n) is 9.51. The third-order valence-corrected chi connectivity index (χ3v) is 6.56. The molecule has 7 heteroatoms. The van der Waals surface area contributed by atoms with E-state index in [1.165, 1.54) is 0 Å². The molecule has 1 fully saturated rings. The van der Waals surface area contributed by atoms with Crippen LogP contribution in [-0.4, -0.2) is 32.5 Å². The lowest BCUT2D eigenvalue weighted by molar-refractivity contribution is -0.155. The smallest absolute Gasteiger partial charge is 0.510 e. The van der Waals surface area contributed by atoms with Crippen LogP contribution in [0, 0.1) is 11.3 Å². The van der Waals surface area contributed by atoms with E-state index in [-0.39, 0.29) is 32.5 Å². The van der Waals surface area contributed by atoms with Gasteiger partial charge in [0.15, 0.2) is 0 Å². The Morgan fingerprint density at radius 1 is 1.03 bits per heavy atom. The molecule has 1 aliphatic rings. The van der Waals surface area contributed by atoms with Gasteiger partial charge in [0, 0.05) is 6.61 Å². The number of esters is 1. The fraction of sp³-hybridized carbons (Fsp3) is 0.481. The van der Waals surface area contributed by atoms with E-state index < -0.39 is 17.3 Å². The Labute approximate surface area is 203 Å². The van der Waals surface area contributed by atoms with E-state index in [2.05, 4.69) is 0 Å². The van der Waals surface area contributed by atoms with Crippen molar-refractivity contribution in [1.29, 1.82) is 0 Å². The average molecular weight is 466 g/mol. The van der Waals surface area contributed by atoms with Crippen molar-refractivity contribution in [2.75, 3.05) is 6.61 Å². The molecule has 34 heavy (non-hydrogen) atoms. The molecule has 3 unspecified atom stereocenters. The largest absolute Gasteiger partial charge is 0.512 e. The van der Waals surface area contributed by atoms with Crippen LogP contribution < -0.4 is 0 Å². The first kappa shape index (κ1) is 26.0. The third-order valence-electron chi connectivity index (χ3n) is 6.56. The van der Waals surface area contributed by atoms with Crippen LogP contribution >= 0.6 is 0 Å². The monoisotopic (exact) mass is 466 g/mol. The van der Waals surface area contributed by atoms with Crippen molar-refractivity contribution in [3.63, 3.8) is 0 Å². The molecular weight excluding hydrogens is 431 g/mol. The highest BCUT2D eigenvalue weighted by Crippen LogP contribution is 2.39. The van der Waals surface area contributed by atoms with Crippen LogP contribution in [0.4, 0.5) is 0 Å². The molecule has 0 N–H and O–H groups in total.